The molecule has 0 bridgehead atoms. The molecule has 84 valence electrons. The molecule has 0 saturated carbocycles. The van der Waals surface area contributed by atoms with Crippen molar-refractivity contribution < 1.29 is 4.79 Å². The lowest BCUT2D eigenvalue weighted by molar-refractivity contribution is -0.131. The standard InChI is InChI=1S/C11H24N2O/c1-5-9(3)8-13(6-2)11(14)7-10(4)12/h9-10H,5-8,12H2,1-4H3. The van der Waals surface area contributed by atoms with E-state index in [-0.39, 0.29) is 11.9 Å². The van der Waals surface area contributed by atoms with E-state index in [0.717, 1.165) is 19.5 Å². The summed E-state index contributed by atoms with van der Waals surface area (Å²) in [6.45, 7) is 9.85. The van der Waals surface area contributed by atoms with Gasteiger partial charge in [-0.05, 0) is 19.8 Å². The molecule has 3 heteroatoms. The Bertz CT molecular complexity index is 169. The fourth-order valence-electron chi connectivity index (χ4n) is 1.32. The molecule has 2 N–H and O–H groups in total. The molecule has 0 aliphatic rings. The second-order valence-electron chi connectivity index (χ2n) is 4.13. The number of carbonyl (C=O) groups excluding carboxylic acids is 1. The smallest absolute Gasteiger partial charge is 0.224 e. The topological polar surface area (TPSA) is 46.3 Å². The highest BCUT2D eigenvalue weighted by molar-refractivity contribution is 5.76. The largest absolute Gasteiger partial charge is 0.343 e. The Balaban J connectivity index is 4.05. The monoisotopic (exact) mass is 200 g/mol. The van der Waals surface area contributed by atoms with Crippen LogP contribution in [-0.4, -0.2) is 29.9 Å². The van der Waals surface area contributed by atoms with E-state index in [1.807, 2.05) is 18.7 Å². The quantitative estimate of drug-likeness (QED) is 0.708. The third-order valence-electron chi connectivity index (χ3n) is 2.46. The van der Waals surface area contributed by atoms with Gasteiger partial charge in [-0.2, -0.15) is 0 Å². The van der Waals surface area contributed by atoms with Crippen molar-refractivity contribution in [2.45, 2.75) is 46.6 Å². The molecule has 0 fully saturated rings. The van der Waals surface area contributed by atoms with Gasteiger partial charge in [0.1, 0.15) is 0 Å². The zero-order valence-corrected chi connectivity index (χ0v) is 9.92. The molecule has 0 aromatic heterocycles. The maximum Gasteiger partial charge on any atom is 0.224 e. The summed E-state index contributed by atoms with van der Waals surface area (Å²) in [5, 5.41) is 0. The van der Waals surface area contributed by atoms with Crippen LogP contribution in [0.15, 0.2) is 0 Å². The first-order chi connectivity index (χ1) is 6.51. The number of nitrogens with zero attached hydrogens (tertiary/aromatic N) is 1. The van der Waals surface area contributed by atoms with Gasteiger partial charge in [-0.15, -0.1) is 0 Å². The lowest BCUT2D eigenvalue weighted by Crippen LogP contribution is -2.37. The normalized spacial score (nSPS) is 14.9. The van der Waals surface area contributed by atoms with Crippen LogP contribution in [0, 0.1) is 5.92 Å². The van der Waals surface area contributed by atoms with Gasteiger partial charge in [0.25, 0.3) is 0 Å². The van der Waals surface area contributed by atoms with Crippen molar-refractivity contribution in [1.29, 1.82) is 0 Å². The summed E-state index contributed by atoms with van der Waals surface area (Å²) in [6.07, 6.45) is 1.58. The van der Waals surface area contributed by atoms with Crippen LogP contribution < -0.4 is 5.73 Å². The molecular formula is C11H24N2O. The van der Waals surface area contributed by atoms with E-state index in [0.29, 0.717) is 12.3 Å². The van der Waals surface area contributed by atoms with E-state index >= 15 is 0 Å². The van der Waals surface area contributed by atoms with Crippen LogP contribution in [0.3, 0.4) is 0 Å². The molecule has 0 radical (unpaired) electrons. The second kappa shape index (κ2) is 6.82. The fraction of sp³-hybridized carbons (Fsp3) is 0.909. The Kier molecular flexibility index (Phi) is 6.54. The molecule has 2 unspecified atom stereocenters. The van der Waals surface area contributed by atoms with Crippen LogP contribution in [0.25, 0.3) is 0 Å². The Morgan fingerprint density at radius 3 is 2.29 bits per heavy atom. The molecule has 0 saturated heterocycles. The van der Waals surface area contributed by atoms with Crippen molar-refractivity contribution in [2.24, 2.45) is 11.7 Å². The third kappa shape index (κ3) is 5.22. The van der Waals surface area contributed by atoms with E-state index in [2.05, 4.69) is 13.8 Å². The SMILES string of the molecule is CCC(C)CN(CC)C(=O)CC(C)N. The zero-order chi connectivity index (χ0) is 11.1. The average Bonchev–Trinajstić information content (AvgIpc) is 2.12. The van der Waals surface area contributed by atoms with Crippen molar-refractivity contribution in [3.05, 3.63) is 0 Å². The van der Waals surface area contributed by atoms with Gasteiger partial charge in [0, 0.05) is 25.6 Å². The predicted octanol–water partition coefficient (Wildman–Crippen LogP) is 1.62. The second-order valence-corrected chi connectivity index (χ2v) is 4.13. The van der Waals surface area contributed by atoms with E-state index in [1.54, 1.807) is 0 Å². The van der Waals surface area contributed by atoms with Gasteiger partial charge in [0.15, 0.2) is 0 Å². The van der Waals surface area contributed by atoms with Gasteiger partial charge in [0.2, 0.25) is 5.91 Å². The molecule has 0 aliphatic heterocycles. The third-order valence-corrected chi connectivity index (χ3v) is 2.46. The summed E-state index contributed by atoms with van der Waals surface area (Å²) < 4.78 is 0. The fourth-order valence-corrected chi connectivity index (χ4v) is 1.32. The summed E-state index contributed by atoms with van der Waals surface area (Å²) in [5.41, 5.74) is 5.60. The summed E-state index contributed by atoms with van der Waals surface area (Å²) >= 11 is 0. The summed E-state index contributed by atoms with van der Waals surface area (Å²) in [4.78, 5) is 13.6. The molecule has 0 aromatic carbocycles. The van der Waals surface area contributed by atoms with Crippen molar-refractivity contribution in [3.63, 3.8) is 0 Å². The van der Waals surface area contributed by atoms with Gasteiger partial charge >= 0.3 is 0 Å². The van der Waals surface area contributed by atoms with Gasteiger partial charge in [-0.3, -0.25) is 4.79 Å². The Labute approximate surface area is 87.6 Å². The van der Waals surface area contributed by atoms with Gasteiger partial charge < -0.3 is 10.6 Å². The first-order valence-corrected chi connectivity index (χ1v) is 5.54. The number of carbonyl (C=O) groups is 1. The highest BCUT2D eigenvalue weighted by Crippen LogP contribution is 2.06. The Morgan fingerprint density at radius 1 is 1.36 bits per heavy atom. The first-order valence-electron chi connectivity index (χ1n) is 5.54. The number of hydrogen-bond donors (Lipinski definition) is 1. The minimum Gasteiger partial charge on any atom is -0.343 e. The van der Waals surface area contributed by atoms with Crippen molar-refractivity contribution in [1.82, 2.24) is 4.90 Å². The first kappa shape index (κ1) is 13.4. The van der Waals surface area contributed by atoms with Gasteiger partial charge in [-0.1, -0.05) is 20.3 Å². The summed E-state index contributed by atoms with van der Waals surface area (Å²) in [7, 11) is 0. The number of hydrogen-bond acceptors (Lipinski definition) is 2. The minimum atomic E-state index is -0.0338. The zero-order valence-electron chi connectivity index (χ0n) is 9.92. The van der Waals surface area contributed by atoms with Crippen LogP contribution in [0.1, 0.15) is 40.5 Å². The summed E-state index contributed by atoms with van der Waals surface area (Å²) in [5.74, 6) is 0.759. The Hall–Kier alpha value is -0.570. The molecule has 2 atom stereocenters. The van der Waals surface area contributed by atoms with Crippen LogP contribution >= 0.6 is 0 Å². The van der Waals surface area contributed by atoms with Crippen LogP contribution in [-0.2, 0) is 4.79 Å². The van der Waals surface area contributed by atoms with Crippen LogP contribution in [0.5, 0.6) is 0 Å². The maximum absolute atomic E-state index is 11.7. The lowest BCUT2D eigenvalue weighted by Gasteiger charge is -2.24. The van der Waals surface area contributed by atoms with E-state index < -0.39 is 0 Å². The molecule has 1 amide bonds. The van der Waals surface area contributed by atoms with Crippen LogP contribution in [0.2, 0.25) is 0 Å². The Morgan fingerprint density at radius 2 is 1.93 bits per heavy atom. The van der Waals surface area contributed by atoms with Crippen LogP contribution in [0.4, 0.5) is 0 Å². The maximum atomic E-state index is 11.7. The molecule has 0 aromatic rings. The van der Waals surface area contributed by atoms with Crippen molar-refractivity contribution in [2.75, 3.05) is 13.1 Å². The predicted molar refractivity (Wildman–Crippen MR) is 60.0 cm³/mol. The molecule has 0 aliphatic carbocycles. The molecule has 0 heterocycles. The molecule has 0 spiro atoms. The minimum absolute atomic E-state index is 0.0338. The van der Waals surface area contributed by atoms with Crippen molar-refractivity contribution >= 4 is 5.91 Å². The van der Waals surface area contributed by atoms with Gasteiger partial charge in [0.05, 0.1) is 0 Å². The molecule has 0 rings (SSSR count). The van der Waals surface area contributed by atoms with E-state index in [9.17, 15) is 4.79 Å². The molecule has 14 heavy (non-hydrogen) atoms. The number of nitrogens with two attached hydrogens (primary N) is 1. The molecular weight excluding hydrogens is 176 g/mol. The van der Waals surface area contributed by atoms with Gasteiger partial charge in [-0.25, -0.2) is 0 Å². The van der Waals surface area contributed by atoms with E-state index in [1.165, 1.54) is 0 Å². The highest BCUT2D eigenvalue weighted by Gasteiger charge is 2.14. The van der Waals surface area contributed by atoms with Crippen molar-refractivity contribution in [3.8, 4) is 0 Å². The number of rotatable bonds is 6. The average molecular weight is 200 g/mol. The lowest BCUT2D eigenvalue weighted by atomic mass is 10.1. The molecule has 3 nitrogen and oxygen atoms in total. The number of amides is 1. The van der Waals surface area contributed by atoms with E-state index in [4.69, 9.17) is 5.73 Å². The highest BCUT2D eigenvalue weighted by atomic mass is 16.2. The summed E-state index contributed by atoms with van der Waals surface area (Å²) in [6, 6.07) is -0.0338.